The number of halogens is 5. The van der Waals surface area contributed by atoms with Crippen molar-refractivity contribution in [3.8, 4) is 11.8 Å². The summed E-state index contributed by atoms with van der Waals surface area (Å²) in [6.07, 6.45) is -3.52. The number of alkyl halides is 3. The van der Waals surface area contributed by atoms with Crippen LogP contribution in [0.3, 0.4) is 0 Å². The van der Waals surface area contributed by atoms with E-state index in [0.29, 0.717) is 40.4 Å². The minimum absolute atomic E-state index is 0.0138. The van der Waals surface area contributed by atoms with Gasteiger partial charge in [0.25, 0.3) is 0 Å². The quantitative estimate of drug-likeness (QED) is 0.313. The van der Waals surface area contributed by atoms with E-state index in [4.69, 9.17) is 33.7 Å². The van der Waals surface area contributed by atoms with Crippen LogP contribution in [-0.2, 0) is 17.6 Å². The maximum atomic E-state index is 13.7. The highest BCUT2D eigenvalue weighted by molar-refractivity contribution is 6.33. The number of rotatable bonds is 5. The number of hydrogen-bond acceptors (Lipinski definition) is 5. The van der Waals surface area contributed by atoms with Crippen molar-refractivity contribution in [3.63, 3.8) is 0 Å². The van der Waals surface area contributed by atoms with E-state index in [0.717, 1.165) is 34.9 Å². The third-order valence-electron chi connectivity index (χ3n) is 7.65. The fourth-order valence-corrected chi connectivity index (χ4v) is 5.97. The Bertz CT molecular complexity index is 1690. The molecule has 216 valence electrons. The number of carbonyl (C=O) groups is 1. The first-order valence-electron chi connectivity index (χ1n) is 13.2. The molecule has 1 aliphatic heterocycles. The number of nitriles is 1. The number of anilines is 1. The Labute approximate surface area is 251 Å². The zero-order valence-electron chi connectivity index (χ0n) is 22.8. The maximum Gasteiger partial charge on any atom is 0.416 e. The molecule has 1 aliphatic carbocycles. The van der Waals surface area contributed by atoms with E-state index < -0.39 is 17.7 Å². The fraction of sp³-hybridized carbons (Fsp3) is 0.250. The topological polar surface area (TPSA) is 79.3 Å². The molecule has 1 atom stereocenters. The van der Waals surface area contributed by atoms with Gasteiger partial charge < -0.3 is 10.5 Å². The first-order chi connectivity index (χ1) is 19.9. The Hall–Kier alpha value is -3.93. The summed E-state index contributed by atoms with van der Waals surface area (Å²) in [5.41, 5.74) is 9.79. The average molecular weight is 612 g/mol. The predicted molar refractivity (Wildman–Crippen MR) is 156 cm³/mol. The van der Waals surface area contributed by atoms with Gasteiger partial charge in [0.05, 0.1) is 33.8 Å². The summed E-state index contributed by atoms with van der Waals surface area (Å²) < 4.78 is 47.0. The standard InChI is InChI=1S/C32H26Cl2F3N3O2/c1-17-12-19(16-42-22-9-7-21(33)8-10-22)18(2)23(13-17)29-24(15-38)31(39)40(26-4-3-5-28(41)30(26)29)27-14-20(32(35,36)37)6-11-25(27)34/h6-14,29H,3-5,16,39H2,1-2H3. The van der Waals surface area contributed by atoms with Gasteiger partial charge in [-0.2, -0.15) is 18.4 Å². The number of benzene rings is 3. The SMILES string of the molecule is Cc1cc(COc2ccc(Cl)cc2)c(C)c(C2C(C#N)=C(N)N(c3cc(C(F)(F)F)ccc3Cl)C3=C2C(=O)CCC3)c1. The summed E-state index contributed by atoms with van der Waals surface area (Å²) in [5, 5.41) is 11.0. The largest absolute Gasteiger partial charge is 0.489 e. The van der Waals surface area contributed by atoms with Crippen LogP contribution >= 0.6 is 23.2 Å². The fourth-order valence-electron chi connectivity index (χ4n) is 5.64. The molecular formula is C32H26Cl2F3N3O2. The van der Waals surface area contributed by atoms with Crippen molar-refractivity contribution in [1.82, 2.24) is 0 Å². The molecule has 2 N–H and O–H groups in total. The zero-order valence-corrected chi connectivity index (χ0v) is 24.3. The van der Waals surface area contributed by atoms with Crippen LogP contribution in [0.5, 0.6) is 5.75 Å². The second-order valence-corrected chi connectivity index (χ2v) is 11.2. The van der Waals surface area contributed by atoms with Crippen LogP contribution in [0, 0.1) is 25.2 Å². The summed E-state index contributed by atoms with van der Waals surface area (Å²) >= 11 is 12.4. The van der Waals surface area contributed by atoms with Gasteiger partial charge in [0.1, 0.15) is 18.2 Å². The smallest absolute Gasteiger partial charge is 0.416 e. The number of nitrogens with zero attached hydrogens (tertiary/aromatic N) is 2. The Kier molecular flexibility index (Phi) is 8.02. The third kappa shape index (κ3) is 5.47. The van der Waals surface area contributed by atoms with Gasteiger partial charge in [-0.1, -0.05) is 40.9 Å². The van der Waals surface area contributed by atoms with Crippen LogP contribution in [0.15, 0.2) is 77.3 Å². The van der Waals surface area contributed by atoms with Crippen LogP contribution in [-0.4, -0.2) is 5.78 Å². The molecule has 5 nitrogen and oxygen atoms in total. The minimum atomic E-state index is -4.63. The summed E-state index contributed by atoms with van der Waals surface area (Å²) in [6.45, 7) is 4.02. The Morgan fingerprint density at radius 1 is 1.07 bits per heavy atom. The third-order valence-corrected chi connectivity index (χ3v) is 8.22. The van der Waals surface area contributed by atoms with Crippen molar-refractivity contribution in [2.45, 2.75) is 51.8 Å². The number of hydrogen-bond donors (Lipinski definition) is 1. The van der Waals surface area contributed by atoms with Crippen LogP contribution in [0.2, 0.25) is 10.0 Å². The number of aryl methyl sites for hydroxylation is 1. The second-order valence-electron chi connectivity index (χ2n) is 10.4. The van der Waals surface area contributed by atoms with Gasteiger partial charge in [-0.15, -0.1) is 0 Å². The molecule has 0 saturated carbocycles. The van der Waals surface area contributed by atoms with Crippen LogP contribution < -0.4 is 15.4 Å². The van der Waals surface area contributed by atoms with E-state index >= 15 is 0 Å². The number of carbonyl (C=O) groups excluding carboxylic acids is 1. The first kappa shape index (κ1) is 29.6. The molecule has 1 heterocycles. The molecule has 0 saturated heterocycles. The lowest BCUT2D eigenvalue weighted by Crippen LogP contribution is -2.39. The van der Waals surface area contributed by atoms with E-state index in [-0.39, 0.29) is 40.9 Å². The number of ketones is 1. The minimum Gasteiger partial charge on any atom is -0.489 e. The highest BCUT2D eigenvalue weighted by atomic mass is 35.5. The number of Topliss-reactive ketones (excluding diaryl/α,β-unsaturated/α-hetero) is 1. The summed E-state index contributed by atoms with van der Waals surface area (Å²) in [4.78, 5) is 14.9. The molecule has 0 bridgehead atoms. The van der Waals surface area contributed by atoms with Gasteiger partial charge >= 0.3 is 6.18 Å². The number of ether oxygens (including phenoxy) is 1. The average Bonchev–Trinajstić information content (AvgIpc) is 2.94. The molecule has 10 heteroatoms. The van der Waals surface area contributed by atoms with Crippen LogP contribution in [0.4, 0.5) is 18.9 Å². The molecule has 2 aliphatic rings. The summed E-state index contributed by atoms with van der Waals surface area (Å²) in [5.74, 6) is -0.415. The van der Waals surface area contributed by atoms with E-state index in [1.807, 2.05) is 26.0 Å². The lowest BCUT2D eigenvalue weighted by molar-refractivity contribution is -0.137. The number of allylic oxidation sites excluding steroid dienone is 3. The molecule has 0 amide bonds. The van der Waals surface area contributed by atoms with Gasteiger partial charge in [-0.25, -0.2) is 0 Å². The van der Waals surface area contributed by atoms with Gasteiger partial charge in [0.2, 0.25) is 0 Å². The molecule has 0 spiro atoms. The molecule has 0 radical (unpaired) electrons. The van der Waals surface area contributed by atoms with E-state index in [1.54, 1.807) is 24.3 Å². The van der Waals surface area contributed by atoms with Gasteiger partial charge in [0.15, 0.2) is 5.78 Å². The Morgan fingerprint density at radius 3 is 2.45 bits per heavy atom. The second kappa shape index (κ2) is 11.4. The number of nitrogens with two attached hydrogens (primary N) is 1. The van der Waals surface area contributed by atoms with Gasteiger partial charge in [-0.05, 0) is 85.8 Å². The Balaban J connectivity index is 1.66. The predicted octanol–water partition coefficient (Wildman–Crippen LogP) is 8.51. The molecule has 0 fully saturated rings. The highest BCUT2D eigenvalue weighted by Crippen LogP contribution is 2.49. The van der Waals surface area contributed by atoms with Gasteiger partial charge in [0, 0.05) is 22.7 Å². The lowest BCUT2D eigenvalue weighted by atomic mass is 9.73. The van der Waals surface area contributed by atoms with Crippen molar-refractivity contribution >= 4 is 34.7 Å². The Morgan fingerprint density at radius 2 is 1.79 bits per heavy atom. The van der Waals surface area contributed by atoms with Crippen molar-refractivity contribution < 1.29 is 22.7 Å². The molecule has 3 aromatic carbocycles. The van der Waals surface area contributed by atoms with E-state index in [9.17, 15) is 23.2 Å². The molecule has 5 rings (SSSR count). The maximum absolute atomic E-state index is 13.7. The van der Waals surface area contributed by atoms with Crippen LogP contribution in [0.25, 0.3) is 0 Å². The normalized spacial score (nSPS) is 17.3. The highest BCUT2D eigenvalue weighted by Gasteiger charge is 2.42. The summed E-state index contributed by atoms with van der Waals surface area (Å²) in [7, 11) is 0. The van der Waals surface area contributed by atoms with Gasteiger partial charge in [-0.3, -0.25) is 9.69 Å². The lowest BCUT2D eigenvalue weighted by Gasteiger charge is -2.40. The molecule has 3 aromatic rings. The van der Waals surface area contributed by atoms with Crippen molar-refractivity contribution in [2.75, 3.05) is 4.90 Å². The van der Waals surface area contributed by atoms with Crippen molar-refractivity contribution in [3.05, 3.63) is 115 Å². The van der Waals surface area contributed by atoms with Crippen molar-refractivity contribution in [1.29, 1.82) is 5.26 Å². The summed E-state index contributed by atoms with van der Waals surface area (Å²) in [6, 6.07) is 16.0. The van der Waals surface area contributed by atoms with E-state index in [1.165, 1.54) is 4.90 Å². The zero-order chi connectivity index (χ0) is 30.3. The van der Waals surface area contributed by atoms with E-state index in [2.05, 4.69) is 6.07 Å². The monoisotopic (exact) mass is 611 g/mol. The molecule has 42 heavy (non-hydrogen) atoms. The molecular weight excluding hydrogens is 586 g/mol. The molecule has 1 unspecified atom stereocenters. The van der Waals surface area contributed by atoms with Crippen LogP contribution in [0.1, 0.15) is 53.0 Å². The molecule has 0 aromatic heterocycles. The van der Waals surface area contributed by atoms with Crippen molar-refractivity contribution in [2.24, 2.45) is 5.73 Å². The first-order valence-corrected chi connectivity index (χ1v) is 14.0.